The number of fused-ring (bicyclic) bond motifs is 3. The normalized spacial score (nSPS) is 30.3. The zero-order chi connectivity index (χ0) is 18.5. The highest BCUT2D eigenvalue weighted by Gasteiger charge is 2.53. The summed E-state index contributed by atoms with van der Waals surface area (Å²) in [6, 6.07) is 9.98. The lowest BCUT2D eigenvalue weighted by Gasteiger charge is -2.52. The summed E-state index contributed by atoms with van der Waals surface area (Å²) in [5, 5.41) is 0.659. The molecule has 2 aromatic rings. The molecule has 2 aromatic carbocycles. The molecular formula is C21H22ClF2NO. The Kier molecular flexibility index (Phi) is 4.44. The van der Waals surface area contributed by atoms with Crippen molar-refractivity contribution >= 4 is 11.6 Å². The molecule has 0 aromatic heterocycles. The van der Waals surface area contributed by atoms with Crippen LogP contribution in [0.25, 0.3) is 0 Å². The first-order valence-electron chi connectivity index (χ1n) is 9.03. The Balaban J connectivity index is 1.88. The standard InChI is InChI=1S/C21H22ClF2NO/c1-12-15-11-26-20-17(24)7-6-16(23)19(20)21(15,9-8-18(12)25)10-13-2-4-14(22)5-3-13/h2-7,12,15,18H,8-11,25H2,1H3/t12-,15-,18+,21-/m0/s1. The third-order valence-electron chi connectivity index (χ3n) is 6.34. The van der Waals surface area contributed by atoms with Crippen LogP contribution in [0.5, 0.6) is 5.75 Å². The number of benzene rings is 2. The largest absolute Gasteiger partial charge is 0.490 e. The van der Waals surface area contributed by atoms with Crippen LogP contribution in [-0.4, -0.2) is 12.6 Å². The minimum absolute atomic E-state index is 0.0331. The first-order chi connectivity index (χ1) is 12.4. The maximum Gasteiger partial charge on any atom is 0.165 e. The Morgan fingerprint density at radius 3 is 2.58 bits per heavy atom. The van der Waals surface area contributed by atoms with E-state index in [9.17, 15) is 8.78 Å². The quantitative estimate of drug-likeness (QED) is 0.810. The minimum atomic E-state index is -0.525. The van der Waals surface area contributed by atoms with Gasteiger partial charge in [0.25, 0.3) is 0 Å². The van der Waals surface area contributed by atoms with E-state index in [0.29, 0.717) is 30.0 Å². The Morgan fingerprint density at radius 2 is 1.85 bits per heavy atom. The molecule has 1 heterocycles. The Labute approximate surface area is 157 Å². The molecule has 1 aliphatic carbocycles. The number of hydrogen-bond donors (Lipinski definition) is 1. The lowest BCUT2D eigenvalue weighted by Crippen LogP contribution is -2.55. The van der Waals surface area contributed by atoms with E-state index >= 15 is 0 Å². The summed E-state index contributed by atoms with van der Waals surface area (Å²) in [6.45, 7) is 2.45. The lowest BCUT2D eigenvalue weighted by molar-refractivity contribution is 0.0296. The van der Waals surface area contributed by atoms with E-state index in [1.54, 1.807) is 0 Å². The van der Waals surface area contributed by atoms with E-state index in [1.807, 2.05) is 24.3 Å². The molecule has 0 spiro atoms. The van der Waals surface area contributed by atoms with Gasteiger partial charge in [-0.1, -0.05) is 30.7 Å². The molecule has 2 N–H and O–H groups in total. The molecule has 0 saturated heterocycles. The number of hydrogen-bond acceptors (Lipinski definition) is 2. The van der Waals surface area contributed by atoms with E-state index in [1.165, 1.54) is 6.07 Å². The van der Waals surface area contributed by atoms with Gasteiger partial charge >= 0.3 is 0 Å². The molecule has 4 rings (SSSR count). The van der Waals surface area contributed by atoms with Crippen LogP contribution >= 0.6 is 11.6 Å². The van der Waals surface area contributed by atoms with E-state index in [-0.39, 0.29) is 23.6 Å². The predicted octanol–water partition coefficient (Wildman–Crippen LogP) is 4.86. The summed E-state index contributed by atoms with van der Waals surface area (Å²) >= 11 is 6.01. The van der Waals surface area contributed by atoms with Crippen molar-refractivity contribution in [2.24, 2.45) is 17.6 Å². The predicted molar refractivity (Wildman–Crippen MR) is 98.6 cm³/mol. The average Bonchev–Trinajstić information content (AvgIpc) is 2.63. The number of rotatable bonds is 2. The Morgan fingerprint density at radius 1 is 1.15 bits per heavy atom. The van der Waals surface area contributed by atoms with Crippen LogP contribution in [0.1, 0.15) is 30.9 Å². The van der Waals surface area contributed by atoms with Crippen LogP contribution in [-0.2, 0) is 11.8 Å². The first-order valence-corrected chi connectivity index (χ1v) is 9.41. The zero-order valence-corrected chi connectivity index (χ0v) is 15.4. The van der Waals surface area contributed by atoms with Crippen LogP contribution in [0, 0.1) is 23.5 Å². The smallest absolute Gasteiger partial charge is 0.165 e. The molecule has 2 nitrogen and oxygen atoms in total. The molecule has 5 heteroatoms. The van der Waals surface area contributed by atoms with Crippen molar-refractivity contribution in [2.45, 2.75) is 37.6 Å². The lowest BCUT2D eigenvalue weighted by atomic mass is 9.55. The van der Waals surface area contributed by atoms with Gasteiger partial charge < -0.3 is 10.5 Å². The summed E-state index contributed by atoms with van der Waals surface area (Å²) in [4.78, 5) is 0. The van der Waals surface area contributed by atoms with Gasteiger partial charge in [0.15, 0.2) is 11.6 Å². The maximum absolute atomic E-state index is 15.0. The van der Waals surface area contributed by atoms with Gasteiger partial charge in [-0.05, 0) is 55.0 Å². The van der Waals surface area contributed by atoms with Crippen molar-refractivity contribution in [2.75, 3.05) is 6.61 Å². The van der Waals surface area contributed by atoms with Gasteiger partial charge in [0.2, 0.25) is 0 Å². The van der Waals surface area contributed by atoms with E-state index < -0.39 is 17.0 Å². The third-order valence-corrected chi connectivity index (χ3v) is 6.59. The third kappa shape index (κ3) is 2.71. The Bertz CT molecular complexity index is 826. The summed E-state index contributed by atoms with van der Waals surface area (Å²) in [6.07, 6.45) is 2.10. The molecule has 0 bridgehead atoms. The van der Waals surface area contributed by atoms with Crippen molar-refractivity contribution in [1.82, 2.24) is 0 Å². The van der Waals surface area contributed by atoms with Gasteiger partial charge in [-0.2, -0.15) is 0 Å². The van der Waals surface area contributed by atoms with Crippen molar-refractivity contribution in [3.63, 3.8) is 0 Å². The fraction of sp³-hybridized carbons (Fsp3) is 0.429. The van der Waals surface area contributed by atoms with Crippen LogP contribution in [0.15, 0.2) is 36.4 Å². The summed E-state index contributed by atoms with van der Waals surface area (Å²) < 4.78 is 35.1. The van der Waals surface area contributed by atoms with Crippen LogP contribution in [0.2, 0.25) is 5.02 Å². The molecule has 26 heavy (non-hydrogen) atoms. The molecule has 0 amide bonds. The monoisotopic (exact) mass is 377 g/mol. The van der Waals surface area contributed by atoms with Crippen molar-refractivity contribution in [3.05, 3.63) is 64.2 Å². The molecule has 0 radical (unpaired) electrons. The summed E-state index contributed by atoms with van der Waals surface area (Å²) in [5.41, 5.74) is 7.21. The summed E-state index contributed by atoms with van der Waals surface area (Å²) in [7, 11) is 0. The second kappa shape index (κ2) is 6.50. The molecule has 138 valence electrons. The van der Waals surface area contributed by atoms with Crippen molar-refractivity contribution in [3.8, 4) is 5.75 Å². The van der Waals surface area contributed by atoms with E-state index in [0.717, 1.165) is 18.1 Å². The minimum Gasteiger partial charge on any atom is -0.490 e. The highest BCUT2D eigenvalue weighted by molar-refractivity contribution is 6.30. The highest BCUT2D eigenvalue weighted by atomic mass is 35.5. The van der Waals surface area contributed by atoms with Gasteiger partial charge in [-0.25, -0.2) is 8.78 Å². The summed E-state index contributed by atoms with van der Waals surface area (Å²) in [5.74, 6) is -0.643. The van der Waals surface area contributed by atoms with Gasteiger partial charge in [0, 0.05) is 28.0 Å². The molecule has 2 aliphatic rings. The van der Waals surface area contributed by atoms with Gasteiger partial charge in [-0.15, -0.1) is 0 Å². The van der Waals surface area contributed by atoms with Gasteiger partial charge in [-0.3, -0.25) is 0 Å². The second-order valence-corrected chi connectivity index (χ2v) is 8.11. The van der Waals surface area contributed by atoms with Crippen LogP contribution < -0.4 is 10.5 Å². The van der Waals surface area contributed by atoms with E-state index in [2.05, 4.69) is 6.92 Å². The second-order valence-electron chi connectivity index (χ2n) is 7.67. The Hall–Kier alpha value is -1.65. The van der Waals surface area contributed by atoms with E-state index in [4.69, 9.17) is 22.1 Å². The fourth-order valence-corrected chi connectivity index (χ4v) is 5.01. The van der Waals surface area contributed by atoms with Crippen LogP contribution in [0.4, 0.5) is 8.78 Å². The highest BCUT2D eigenvalue weighted by Crippen LogP contribution is 2.54. The SMILES string of the molecule is C[C@@H]1[C@H](N)CC[C@@]2(Cc3ccc(Cl)cc3)c3c(F)ccc(F)c3OC[C@@H]12. The zero-order valence-electron chi connectivity index (χ0n) is 14.6. The number of nitrogens with two attached hydrogens (primary N) is 1. The molecule has 1 aliphatic heterocycles. The number of ether oxygens (including phenoxy) is 1. The fourth-order valence-electron chi connectivity index (χ4n) is 4.88. The van der Waals surface area contributed by atoms with Gasteiger partial charge in [0.05, 0.1) is 6.61 Å². The molecule has 1 fully saturated rings. The average molecular weight is 378 g/mol. The molecule has 4 atom stereocenters. The first kappa shape index (κ1) is 17.7. The van der Waals surface area contributed by atoms with Crippen molar-refractivity contribution < 1.29 is 13.5 Å². The number of halogens is 3. The van der Waals surface area contributed by atoms with Gasteiger partial charge in [0.1, 0.15) is 5.82 Å². The molecule has 1 saturated carbocycles. The molecule has 0 unspecified atom stereocenters. The maximum atomic E-state index is 15.0. The topological polar surface area (TPSA) is 35.2 Å². The van der Waals surface area contributed by atoms with Crippen LogP contribution in [0.3, 0.4) is 0 Å². The van der Waals surface area contributed by atoms with Crippen molar-refractivity contribution in [1.29, 1.82) is 0 Å². The molecular weight excluding hydrogens is 356 g/mol.